The lowest BCUT2D eigenvalue weighted by molar-refractivity contribution is -0.161. The quantitative estimate of drug-likeness (QED) is 0.269. The molecule has 0 bridgehead atoms. The highest BCUT2D eigenvalue weighted by atomic mass is 19.4. The molecule has 2 saturated carbocycles. The number of halogens is 6. The highest BCUT2D eigenvalue weighted by Crippen LogP contribution is 2.63. The van der Waals surface area contributed by atoms with Crippen molar-refractivity contribution in [2.75, 3.05) is 19.6 Å². The van der Waals surface area contributed by atoms with Crippen LogP contribution in [0.4, 0.5) is 26.3 Å². The predicted molar refractivity (Wildman–Crippen MR) is 137 cm³/mol. The Kier molecular flexibility index (Phi) is 9.57. The van der Waals surface area contributed by atoms with Gasteiger partial charge in [0, 0.05) is 13.5 Å². The Morgan fingerprint density at radius 3 is 1.68 bits per heavy atom. The van der Waals surface area contributed by atoms with E-state index in [0.29, 0.717) is 13.0 Å². The van der Waals surface area contributed by atoms with Crippen molar-refractivity contribution in [2.45, 2.75) is 88.4 Å². The van der Waals surface area contributed by atoms with E-state index in [2.05, 4.69) is 24.0 Å². The Balaban J connectivity index is 0.00000127. The van der Waals surface area contributed by atoms with Crippen LogP contribution in [0.5, 0.6) is 0 Å². The zero-order valence-corrected chi connectivity index (χ0v) is 22.1. The molecule has 2 aromatic rings. The Bertz CT molecular complexity index is 1030. The van der Waals surface area contributed by atoms with Gasteiger partial charge in [0.15, 0.2) is 0 Å². The summed E-state index contributed by atoms with van der Waals surface area (Å²) in [5.41, 5.74) is -2.33. The van der Waals surface area contributed by atoms with Crippen LogP contribution in [0.3, 0.4) is 0 Å². The van der Waals surface area contributed by atoms with Gasteiger partial charge in [0.25, 0.3) is 0 Å². The van der Waals surface area contributed by atoms with Crippen LogP contribution in [0.2, 0.25) is 0 Å². The summed E-state index contributed by atoms with van der Waals surface area (Å²) in [5.74, 6) is 0. The molecule has 2 fully saturated rings. The van der Waals surface area contributed by atoms with E-state index in [1.165, 1.54) is 30.7 Å². The molecule has 38 heavy (non-hydrogen) atoms. The number of hydrogen-bond acceptors (Lipinski definition) is 2. The fourth-order valence-corrected chi connectivity index (χ4v) is 5.48. The molecule has 0 atom stereocenters. The summed E-state index contributed by atoms with van der Waals surface area (Å²) in [7, 11) is 0. The van der Waals surface area contributed by atoms with Gasteiger partial charge in [0.2, 0.25) is 0 Å². The monoisotopic (exact) mass is 538 g/mol. The number of benzene rings is 2. The van der Waals surface area contributed by atoms with Crippen molar-refractivity contribution in [3.8, 4) is 6.07 Å². The highest BCUT2D eigenvalue weighted by Gasteiger charge is 2.67. The van der Waals surface area contributed by atoms with Crippen LogP contribution in [0.15, 0.2) is 48.5 Å². The van der Waals surface area contributed by atoms with Crippen LogP contribution in [-0.4, -0.2) is 36.9 Å². The molecule has 0 aliphatic heterocycles. The van der Waals surface area contributed by atoms with Crippen LogP contribution in [0.1, 0.15) is 74.6 Å². The number of rotatable bonds is 11. The van der Waals surface area contributed by atoms with Gasteiger partial charge in [-0.2, -0.15) is 31.6 Å². The van der Waals surface area contributed by atoms with Crippen molar-refractivity contribution in [2.24, 2.45) is 0 Å². The van der Waals surface area contributed by atoms with Gasteiger partial charge in [-0.15, -0.1) is 0 Å². The Hall–Kier alpha value is -2.53. The summed E-state index contributed by atoms with van der Waals surface area (Å²) in [4.78, 5) is 2.27. The second kappa shape index (κ2) is 12.1. The molecule has 4 rings (SSSR count). The minimum absolute atomic E-state index is 0.0506. The van der Waals surface area contributed by atoms with E-state index in [-0.39, 0.29) is 48.8 Å². The van der Waals surface area contributed by atoms with E-state index in [1.807, 2.05) is 18.2 Å². The lowest BCUT2D eigenvalue weighted by Crippen LogP contribution is -2.34. The SMILES string of the molecule is CC#N.CCCN(CCCc1c(C2(C(F)(F)F)CC2)cccc1C1(C(F)(F)F)CC1)CCc1ccccc1. The average molecular weight is 539 g/mol. The van der Waals surface area contributed by atoms with Gasteiger partial charge in [-0.25, -0.2) is 0 Å². The fourth-order valence-electron chi connectivity index (χ4n) is 5.48. The van der Waals surface area contributed by atoms with Crippen LogP contribution >= 0.6 is 0 Å². The Morgan fingerprint density at radius 1 is 0.763 bits per heavy atom. The minimum Gasteiger partial charge on any atom is -0.303 e. The molecule has 0 spiro atoms. The lowest BCUT2D eigenvalue weighted by atomic mass is 9.81. The third-order valence-corrected chi connectivity index (χ3v) is 7.79. The summed E-state index contributed by atoms with van der Waals surface area (Å²) in [6.45, 7) is 5.81. The lowest BCUT2D eigenvalue weighted by Gasteiger charge is -2.29. The van der Waals surface area contributed by atoms with Crippen molar-refractivity contribution >= 4 is 0 Å². The molecule has 2 aliphatic rings. The van der Waals surface area contributed by atoms with Crippen molar-refractivity contribution in [3.63, 3.8) is 0 Å². The molecule has 0 aromatic heterocycles. The summed E-state index contributed by atoms with van der Waals surface area (Å²) >= 11 is 0. The van der Waals surface area contributed by atoms with Gasteiger partial charge in [-0.3, -0.25) is 0 Å². The molecule has 0 radical (unpaired) electrons. The van der Waals surface area contributed by atoms with Crippen molar-refractivity contribution in [1.29, 1.82) is 5.26 Å². The molecule has 0 unspecified atom stereocenters. The largest absolute Gasteiger partial charge is 0.398 e. The highest BCUT2D eigenvalue weighted by molar-refractivity contribution is 5.50. The van der Waals surface area contributed by atoms with Gasteiger partial charge < -0.3 is 4.90 Å². The van der Waals surface area contributed by atoms with Crippen molar-refractivity contribution in [1.82, 2.24) is 4.90 Å². The molecule has 2 aliphatic carbocycles. The minimum atomic E-state index is -4.46. The molecule has 0 saturated heterocycles. The molecular formula is C30H36F6N2. The van der Waals surface area contributed by atoms with Crippen molar-refractivity contribution in [3.05, 3.63) is 70.8 Å². The molecule has 0 N–H and O–H groups in total. The van der Waals surface area contributed by atoms with Crippen LogP contribution < -0.4 is 0 Å². The third-order valence-electron chi connectivity index (χ3n) is 7.79. The molecular weight excluding hydrogens is 502 g/mol. The summed E-state index contributed by atoms with van der Waals surface area (Å²) in [6.07, 6.45) is -6.57. The van der Waals surface area contributed by atoms with E-state index in [1.54, 1.807) is 6.07 Å². The standard InChI is InChI=1S/C28H33F6N.C2H3N/c1-2-18-35(20-13-21-8-4-3-5-9-21)19-7-10-22-23(25(14-15-25)27(29,30)31)11-6-12-24(22)26(16-17-26)28(32,33)34;1-2-3/h3-6,8-9,11-12H,2,7,10,13-20H2,1H3;1H3. The first-order chi connectivity index (χ1) is 18.0. The molecule has 0 heterocycles. The van der Waals surface area contributed by atoms with Gasteiger partial charge in [-0.1, -0.05) is 55.5 Å². The smallest absolute Gasteiger partial charge is 0.303 e. The second-order valence-corrected chi connectivity index (χ2v) is 10.4. The molecule has 0 amide bonds. The zero-order chi connectivity index (χ0) is 28.0. The first-order valence-corrected chi connectivity index (χ1v) is 13.3. The average Bonchev–Trinajstić information content (AvgIpc) is 3.76. The van der Waals surface area contributed by atoms with E-state index in [4.69, 9.17) is 5.26 Å². The predicted octanol–water partition coefficient (Wildman–Crippen LogP) is 8.29. The first kappa shape index (κ1) is 30.0. The Labute approximate surface area is 221 Å². The molecule has 2 nitrogen and oxygen atoms in total. The molecule has 2 aromatic carbocycles. The van der Waals surface area contributed by atoms with Gasteiger partial charge in [0.05, 0.1) is 16.9 Å². The number of alkyl halides is 6. The zero-order valence-electron chi connectivity index (χ0n) is 22.1. The fraction of sp³-hybridized carbons (Fsp3) is 0.567. The third kappa shape index (κ3) is 6.54. The summed E-state index contributed by atoms with van der Waals surface area (Å²) in [6, 6.07) is 16.0. The normalized spacial score (nSPS) is 17.4. The van der Waals surface area contributed by atoms with Crippen LogP contribution in [0.25, 0.3) is 0 Å². The molecule has 8 heteroatoms. The van der Waals surface area contributed by atoms with E-state index < -0.39 is 23.2 Å². The Morgan fingerprint density at radius 2 is 1.26 bits per heavy atom. The number of hydrogen-bond donors (Lipinski definition) is 0. The maximum atomic E-state index is 14.0. The van der Waals surface area contributed by atoms with Crippen LogP contribution in [-0.2, 0) is 23.7 Å². The van der Waals surface area contributed by atoms with Gasteiger partial charge in [0.1, 0.15) is 0 Å². The van der Waals surface area contributed by atoms with Gasteiger partial charge in [-0.05, 0) is 86.7 Å². The number of nitriles is 1. The molecule has 208 valence electrons. The maximum absolute atomic E-state index is 14.0. The van der Waals surface area contributed by atoms with E-state index in [0.717, 1.165) is 25.9 Å². The second-order valence-electron chi connectivity index (χ2n) is 10.4. The van der Waals surface area contributed by atoms with E-state index in [9.17, 15) is 26.3 Å². The topological polar surface area (TPSA) is 27.0 Å². The summed E-state index contributed by atoms with van der Waals surface area (Å²) in [5, 5.41) is 7.32. The summed E-state index contributed by atoms with van der Waals surface area (Å²) < 4.78 is 84.1. The maximum Gasteiger partial charge on any atom is 0.398 e. The first-order valence-electron chi connectivity index (χ1n) is 13.3. The van der Waals surface area contributed by atoms with Crippen molar-refractivity contribution < 1.29 is 26.3 Å². The van der Waals surface area contributed by atoms with Crippen LogP contribution in [0, 0.1) is 11.3 Å². The van der Waals surface area contributed by atoms with E-state index >= 15 is 0 Å². The number of nitrogens with zero attached hydrogens (tertiary/aromatic N) is 2. The van der Waals surface area contributed by atoms with Gasteiger partial charge >= 0.3 is 12.4 Å².